The number of nitrogens with two attached hydrogens (primary N) is 1. The molecule has 0 aliphatic heterocycles. The molecule has 2 N–H and O–H groups in total. The summed E-state index contributed by atoms with van der Waals surface area (Å²) in [6, 6.07) is 7.97. The van der Waals surface area contributed by atoms with Gasteiger partial charge >= 0.3 is 0 Å². The Balaban J connectivity index is 2.33. The van der Waals surface area contributed by atoms with Gasteiger partial charge in [-0.3, -0.25) is 4.68 Å². The molecule has 1 heterocycles. The molecule has 0 bridgehead atoms. The lowest BCUT2D eigenvalue weighted by Gasteiger charge is -2.06. The zero-order valence-electron chi connectivity index (χ0n) is 10.8. The number of ether oxygens (including phenoxy) is 1. The van der Waals surface area contributed by atoms with Crippen molar-refractivity contribution < 1.29 is 4.74 Å². The summed E-state index contributed by atoms with van der Waals surface area (Å²) in [7, 11) is 3.61. The third kappa shape index (κ3) is 2.52. The van der Waals surface area contributed by atoms with Crippen LogP contribution in [0, 0.1) is 6.92 Å². The average molecular weight is 263 g/mol. The Morgan fingerprint density at radius 2 is 2.22 bits per heavy atom. The van der Waals surface area contributed by atoms with Gasteiger partial charge in [-0.1, -0.05) is 17.8 Å². The Labute approximate surface area is 111 Å². The van der Waals surface area contributed by atoms with Crippen molar-refractivity contribution in [1.82, 2.24) is 9.78 Å². The smallest absolute Gasteiger partial charge is 0.119 e. The molecule has 0 saturated heterocycles. The zero-order chi connectivity index (χ0) is 13.1. The van der Waals surface area contributed by atoms with E-state index in [2.05, 4.69) is 11.2 Å². The van der Waals surface area contributed by atoms with Gasteiger partial charge in [-0.15, -0.1) is 0 Å². The third-order valence-electron chi connectivity index (χ3n) is 2.75. The van der Waals surface area contributed by atoms with Crippen molar-refractivity contribution in [3.8, 4) is 5.75 Å². The number of methoxy groups -OCH3 is 1. The second kappa shape index (κ2) is 5.46. The maximum absolute atomic E-state index is 5.78. The van der Waals surface area contributed by atoms with E-state index < -0.39 is 0 Å². The van der Waals surface area contributed by atoms with Crippen LogP contribution in [0.3, 0.4) is 0 Å². The highest BCUT2D eigenvalue weighted by atomic mass is 32.2. The fourth-order valence-electron chi connectivity index (χ4n) is 1.82. The van der Waals surface area contributed by atoms with E-state index in [-0.39, 0.29) is 0 Å². The summed E-state index contributed by atoms with van der Waals surface area (Å²) in [5.74, 6) is 0.855. The Kier molecular flexibility index (Phi) is 3.93. The van der Waals surface area contributed by atoms with Gasteiger partial charge in [0.2, 0.25) is 0 Å². The summed E-state index contributed by atoms with van der Waals surface area (Å²) in [6.45, 7) is 2.49. The Hall–Kier alpha value is -1.46. The highest BCUT2D eigenvalue weighted by Gasteiger charge is 2.13. The molecule has 4 nitrogen and oxygen atoms in total. The number of benzene rings is 1. The van der Waals surface area contributed by atoms with Gasteiger partial charge in [0.1, 0.15) is 10.8 Å². The molecule has 0 aliphatic carbocycles. The predicted molar refractivity (Wildman–Crippen MR) is 73.0 cm³/mol. The van der Waals surface area contributed by atoms with Gasteiger partial charge in [-0.05, 0) is 25.1 Å². The molecule has 2 rings (SSSR count). The van der Waals surface area contributed by atoms with E-state index in [1.54, 1.807) is 18.9 Å². The van der Waals surface area contributed by atoms with E-state index in [0.29, 0.717) is 6.54 Å². The van der Waals surface area contributed by atoms with Gasteiger partial charge in [-0.25, -0.2) is 0 Å². The van der Waals surface area contributed by atoms with E-state index in [1.165, 1.54) is 0 Å². The van der Waals surface area contributed by atoms with Crippen LogP contribution in [0.25, 0.3) is 0 Å². The first kappa shape index (κ1) is 13.0. The number of aromatic nitrogens is 2. The molecular weight excluding hydrogens is 246 g/mol. The number of rotatable bonds is 4. The summed E-state index contributed by atoms with van der Waals surface area (Å²) in [5.41, 5.74) is 7.88. The van der Waals surface area contributed by atoms with Crippen LogP contribution in [0.4, 0.5) is 0 Å². The van der Waals surface area contributed by atoms with Crippen molar-refractivity contribution >= 4 is 11.8 Å². The summed E-state index contributed by atoms with van der Waals surface area (Å²) in [6.07, 6.45) is 0. The van der Waals surface area contributed by atoms with Gasteiger partial charge in [0.05, 0.1) is 12.8 Å². The fourth-order valence-corrected chi connectivity index (χ4v) is 2.89. The van der Waals surface area contributed by atoms with Crippen LogP contribution in [-0.2, 0) is 13.6 Å². The first-order chi connectivity index (χ1) is 8.65. The minimum absolute atomic E-state index is 0.506. The standard InChI is InChI=1S/C13H17N3OS/c1-9-12(8-14)13(16(2)15-9)18-11-6-4-5-10(7-11)17-3/h4-7H,8,14H2,1-3H3. The quantitative estimate of drug-likeness (QED) is 0.920. The van der Waals surface area contributed by atoms with Crippen LogP contribution in [0.5, 0.6) is 5.75 Å². The minimum Gasteiger partial charge on any atom is -0.497 e. The molecule has 18 heavy (non-hydrogen) atoms. The first-order valence-electron chi connectivity index (χ1n) is 5.70. The highest BCUT2D eigenvalue weighted by Crippen LogP contribution is 2.33. The molecule has 1 aromatic heterocycles. The van der Waals surface area contributed by atoms with Crippen LogP contribution in [-0.4, -0.2) is 16.9 Å². The van der Waals surface area contributed by atoms with Gasteiger partial charge in [-0.2, -0.15) is 5.10 Å². The lowest BCUT2D eigenvalue weighted by molar-refractivity contribution is 0.413. The normalized spacial score (nSPS) is 10.7. The van der Waals surface area contributed by atoms with E-state index in [1.807, 2.05) is 36.9 Å². The van der Waals surface area contributed by atoms with Crippen LogP contribution < -0.4 is 10.5 Å². The Morgan fingerprint density at radius 3 is 2.89 bits per heavy atom. The molecule has 0 spiro atoms. The van der Waals surface area contributed by atoms with Crippen molar-refractivity contribution in [2.75, 3.05) is 7.11 Å². The van der Waals surface area contributed by atoms with E-state index >= 15 is 0 Å². The van der Waals surface area contributed by atoms with Gasteiger partial charge in [0, 0.05) is 24.1 Å². The van der Waals surface area contributed by atoms with Crippen LogP contribution in [0.15, 0.2) is 34.2 Å². The molecule has 96 valence electrons. The summed E-state index contributed by atoms with van der Waals surface area (Å²) in [5, 5.41) is 5.49. The Bertz CT molecular complexity index is 551. The second-order valence-corrected chi connectivity index (χ2v) is 5.04. The zero-order valence-corrected chi connectivity index (χ0v) is 11.6. The highest BCUT2D eigenvalue weighted by molar-refractivity contribution is 7.99. The maximum atomic E-state index is 5.78. The van der Waals surface area contributed by atoms with Gasteiger partial charge < -0.3 is 10.5 Å². The summed E-state index contributed by atoms with van der Waals surface area (Å²) < 4.78 is 7.10. The second-order valence-electron chi connectivity index (χ2n) is 3.98. The van der Waals surface area contributed by atoms with Crippen LogP contribution >= 0.6 is 11.8 Å². The largest absolute Gasteiger partial charge is 0.497 e. The lowest BCUT2D eigenvalue weighted by atomic mass is 10.3. The molecule has 0 aliphatic rings. The molecule has 1 aromatic carbocycles. The molecule has 0 saturated carbocycles. The third-order valence-corrected chi connectivity index (χ3v) is 3.94. The number of hydrogen-bond acceptors (Lipinski definition) is 4. The predicted octanol–water partition coefficient (Wildman–Crippen LogP) is 2.35. The van der Waals surface area contributed by atoms with E-state index in [0.717, 1.165) is 26.9 Å². The summed E-state index contributed by atoms with van der Waals surface area (Å²) in [4.78, 5) is 1.12. The van der Waals surface area contributed by atoms with E-state index in [4.69, 9.17) is 10.5 Å². The molecule has 5 heteroatoms. The van der Waals surface area contributed by atoms with Gasteiger partial charge in [0.25, 0.3) is 0 Å². The van der Waals surface area contributed by atoms with Crippen molar-refractivity contribution in [2.45, 2.75) is 23.4 Å². The number of nitrogens with zero attached hydrogens (tertiary/aromatic N) is 2. The molecule has 0 fully saturated rings. The fraction of sp³-hybridized carbons (Fsp3) is 0.308. The van der Waals surface area contributed by atoms with Crippen molar-refractivity contribution in [3.63, 3.8) is 0 Å². The molecule has 0 radical (unpaired) electrons. The monoisotopic (exact) mass is 263 g/mol. The molecular formula is C13H17N3OS. The minimum atomic E-state index is 0.506. The molecule has 0 unspecified atom stereocenters. The maximum Gasteiger partial charge on any atom is 0.119 e. The summed E-state index contributed by atoms with van der Waals surface area (Å²) >= 11 is 1.66. The van der Waals surface area contributed by atoms with Crippen LogP contribution in [0.1, 0.15) is 11.3 Å². The van der Waals surface area contributed by atoms with E-state index in [9.17, 15) is 0 Å². The molecule has 0 atom stereocenters. The van der Waals surface area contributed by atoms with Crippen molar-refractivity contribution in [2.24, 2.45) is 12.8 Å². The average Bonchev–Trinajstić information content (AvgIpc) is 2.64. The molecule has 2 aromatic rings. The van der Waals surface area contributed by atoms with Gasteiger partial charge in [0.15, 0.2) is 0 Å². The van der Waals surface area contributed by atoms with Crippen molar-refractivity contribution in [1.29, 1.82) is 0 Å². The number of hydrogen-bond donors (Lipinski definition) is 1. The first-order valence-corrected chi connectivity index (χ1v) is 6.51. The Morgan fingerprint density at radius 1 is 1.44 bits per heavy atom. The SMILES string of the molecule is COc1cccc(Sc2c(CN)c(C)nn2C)c1. The lowest BCUT2D eigenvalue weighted by Crippen LogP contribution is -1.99. The molecule has 0 amide bonds. The number of aryl methyl sites for hydroxylation is 2. The van der Waals surface area contributed by atoms with Crippen LogP contribution in [0.2, 0.25) is 0 Å². The topological polar surface area (TPSA) is 53.1 Å². The van der Waals surface area contributed by atoms with Crippen molar-refractivity contribution in [3.05, 3.63) is 35.5 Å².